The summed E-state index contributed by atoms with van der Waals surface area (Å²) in [6.07, 6.45) is 3.14. The lowest BCUT2D eigenvalue weighted by atomic mass is 10.0. The number of hydrogen-bond donors (Lipinski definition) is 0. The Kier molecular flexibility index (Phi) is 5.98. The zero-order valence-electron chi connectivity index (χ0n) is 16.1. The number of nitrogens with zero attached hydrogens (tertiary/aromatic N) is 4. The van der Waals surface area contributed by atoms with E-state index >= 15 is 0 Å². The van der Waals surface area contributed by atoms with E-state index in [0.717, 1.165) is 37.4 Å². The van der Waals surface area contributed by atoms with Gasteiger partial charge in [-0.3, -0.25) is 15.0 Å². The van der Waals surface area contributed by atoms with Crippen LogP contribution in [-0.2, 0) is 6.42 Å². The van der Waals surface area contributed by atoms with Gasteiger partial charge in [0.25, 0.3) is 5.69 Å². The molecule has 0 bridgehead atoms. The summed E-state index contributed by atoms with van der Waals surface area (Å²) in [6, 6.07) is 4.22. The quantitative estimate of drug-likeness (QED) is 0.592. The lowest BCUT2D eigenvalue weighted by Crippen LogP contribution is -2.53. The summed E-state index contributed by atoms with van der Waals surface area (Å²) in [6.45, 7) is 8.26. The molecule has 0 aliphatic carbocycles. The highest BCUT2D eigenvalue weighted by atomic mass is 16.6. The van der Waals surface area contributed by atoms with E-state index in [1.54, 1.807) is 13.2 Å². The minimum Gasteiger partial charge on any atom is -0.494 e. The first-order chi connectivity index (χ1) is 12.5. The average Bonchev–Trinajstić information content (AvgIpc) is 2.67. The number of benzene rings is 1. The third-order valence-electron chi connectivity index (χ3n) is 5.82. The summed E-state index contributed by atoms with van der Waals surface area (Å²) in [7, 11) is 3.78. The molecular formula is C19H30N4O3. The van der Waals surface area contributed by atoms with E-state index in [4.69, 9.17) is 4.74 Å². The van der Waals surface area contributed by atoms with Crippen molar-refractivity contribution in [2.45, 2.75) is 32.2 Å². The molecule has 2 aliphatic rings. The van der Waals surface area contributed by atoms with Crippen LogP contribution in [0.3, 0.4) is 0 Å². The number of likely N-dealkylation sites (tertiary alicyclic amines) is 1. The molecule has 2 fully saturated rings. The van der Waals surface area contributed by atoms with Gasteiger partial charge in [0.05, 0.1) is 23.8 Å². The van der Waals surface area contributed by atoms with Crippen molar-refractivity contribution in [1.82, 2.24) is 9.80 Å². The SMILES string of the molecule is CCc1cc(N2CCN(C3CCN(C)CC3)CC2)c(OC)cc1[N+](=O)[O-]. The van der Waals surface area contributed by atoms with Crippen LogP contribution in [0.4, 0.5) is 11.4 Å². The molecule has 0 unspecified atom stereocenters. The lowest BCUT2D eigenvalue weighted by Gasteiger charge is -2.43. The standard InChI is InChI=1S/C19H30N4O3/c1-4-15-13-18(19(26-3)14-17(15)23(24)25)22-11-9-21(10-12-22)16-5-7-20(2)8-6-16/h13-14,16H,4-12H2,1-3H3. The van der Waals surface area contributed by atoms with Gasteiger partial charge in [-0.15, -0.1) is 0 Å². The van der Waals surface area contributed by atoms with Gasteiger partial charge >= 0.3 is 0 Å². The topological polar surface area (TPSA) is 62.1 Å². The summed E-state index contributed by atoms with van der Waals surface area (Å²) in [5.41, 5.74) is 1.90. The molecule has 0 aromatic heterocycles. The van der Waals surface area contributed by atoms with Crippen molar-refractivity contribution in [3.05, 3.63) is 27.8 Å². The Hall–Kier alpha value is -1.86. The predicted octanol–water partition coefficient (Wildman–Crippen LogP) is 2.38. The van der Waals surface area contributed by atoms with Crippen molar-refractivity contribution in [2.24, 2.45) is 0 Å². The highest BCUT2D eigenvalue weighted by molar-refractivity contribution is 5.66. The molecule has 0 spiro atoms. The fraction of sp³-hybridized carbons (Fsp3) is 0.684. The van der Waals surface area contributed by atoms with Crippen LogP contribution in [0.2, 0.25) is 0 Å². The van der Waals surface area contributed by atoms with E-state index in [1.807, 2.05) is 13.0 Å². The maximum Gasteiger partial charge on any atom is 0.276 e. The number of nitro benzene ring substituents is 1. The van der Waals surface area contributed by atoms with Gasteiger partial charge in [-0.05, 0) is 45.5 Å². The minimum absolute atomic E-state index is 0.151. The van der Waals surface area contributed by atoms with Crippen molar-refractivity contribution < 1.29 is 9.66 Å². The molecule has 1 aromatic rings. The van der Waals surface area contributed by atoms with E-state index in [9.17, 15) is 10.1 Å². The van der Waals surface area contributed by atoms with Gasteiger partial charge in [0.1, 0.15) is 5.75 Å². The van der Waals surface area contributed by atoms with Gasteiger partial charge in [-0.1, -0.05) is 6.92 Å². The molecule has 3 rings (SSSR count). The Labute approximate surface area is 155 Å². The Morgan fingerprint density at radius 2 is 1.81 bits per heavy atom. The van der Waals surface area contributed by atoms with Gasteiger partial charge in [-0.25, -0.2) is 0 Å². The van der Waals surface area contributed by atoms with Crippen LogP contribution < -0.4 is 9.64 Å². The zero-order valence-corrected chi connectivity index (χ0v) is 16.1. The fourth-order valence-electron chi connectivity index (χ4n) is 4.15. The molecule has 0 atom stereocenters. The molecule has 7 nitrogen and oxygen atoms in total. The lowest BCUT2D eigenvalue weighted by molar-refractivity contribution is -0.385. The van der Waals surface area contributed by atoms with Crippen LogP contribution in [-0.4, -0.2) is 74.2 Å². The van der Waals surface area contributed by atoms with E-state index < -0.39 is 0 Å². The predicted molar refractivity (Wildman–Crippen MR) is 103 cm³/mol. The van der Waals surface area contributed by atoms with Crippen molar-refractivity contribution in [3.8, 4) is 5.75 Å². The summed E-state index contributed by atoms with van der Waals surface area (Å²) in [4.78, 5) is 18.3. The third-order valence-corrected chi connectivity index (χ3v) is 5.82. The van der Waals surface area contributed by atoms with Crippen LogP contribution in [0.5, 0.6) is 5.75 Å². The molecule has 0 N–H and O–H groups in total. The van der Waals surface area contributed by atoms with Crippen LogP contribution in [0, 0.1) is 10.1 Å². The Bertz CT molecular complexity index is 636. The smallest absolute Gasteiger partial charge is 0.276 e. The van der Waals surface area contributed by atoms with Crippen LogP contribution in [0.1, 0.15) is 25.3 Å². The molecule has 2 heterocycles. The van der Waals surface area contributed by atoms with Gasteiger partial charge in [0.15, 0.2) is 0 Å². The van der Waals surface area contributed by atoms with E-state index in [2.05, 4.69) is 21.7 Å². The molecule has 2 aliphatic heterocycles. The fourth-order valence-corrected chi connectivity index (χ4v) is 4.15. The largest absolute Gasteiger partial charge is 0.494 e. The van der Waals surface area contributed by atoms with Crippen LogP contribution >= 0.6 is 0 Å². The summed E-state index contributed by atoms with van der Waals surface area (Å²) in [5, 5.41) is 11.3. The molecule has 1 aromatic carbocycles. The Morgan fingerprint density at radius 1 is 1.15 bits per heavy atom. The molecule has 0 amide bonds. The van der Waals surface area contributed by atoms with Crippen molar-refractivity contribution in [3.63, 3.8) is 0 Å². The molecule has 26 heavy (non-hydrogen) atoms. The molecule has 0 radical (unpaired) electrons. The highest BCUT2D eigenvalue weighted by Gasteiger charge is 2.28. The number of aryl methyl sites for hydroxylation is 1. The maximum atomic E-state index is 11.3. The van der Waals surface area contributed by atoms with E-state index in [0.29, 0.717) is 18.2 Å². The van der Waals surface area contributed by atoms with E-state index in [1.165, 1.54) is 25.9 Å². The molecule has 0 saturated carbocycles. The van der Waals surface area contributed by atoms with Crippen LogP contribution in [0.25, 0.3) is 0 Å². The van der Waals surface area contributed by atoms with Gasteiger partial charge in [0, 0.05) is 37.8 Å². The van der Waals surface area contributed by atoms with E-state index in [-0.39, 0.29) is 10.6 Å². The molecular weight excluding hydrogens is 332 g/mol. The summed E-state index contributed by atoms with van der Waals surface area (Å²) < 4.78 is 5.48. The number of rotatable bonds is 5. The first-order valence-corrected chi connectivity index (χ1v) is 9.56. The zero-order chi connectivity index (χ0) is 18.7. The Balaban J connectivity index is 1.71. The van der Waals surface area contributed by atoms with Crippen molar-refractivity contribution >= 4 is 11.4 Å². The normalized spacial score (nSPS) is 20.3. The number of piperidine rings is 1. The number of piperazine rings is 1. The Morgan fingerprint density at radius 3 is 2.35 bits per heavy atom. The first-order valence-electron chi connectivity index (χ1n) is 9.56. The maximum absolute atomic E-state index is 11.3. The monoisotopic (exact) mass is 362 g/mol. The first kappa shape index (κ1) is 18.9. The van der Waals surface area contributed by atoms with Gasteiger partial charge in [0.2, 0.25) is 0 Å². The van der Waals surface area contributed by atoms with Gasteiger partial charge < -0.3 is 14.5 Å². The number of ether oxygens (including phenoxy) is 1. The molecule has 7 heteroatoms. The number of methoxy groups -OCH3 is 1. The summed E-state index contributed by atoms with van der Waals surface area (Å²) in [5.74, 6) is 0.599. The minimum atomic E-state index is -0.316. The number of nitro groups is 1. The molecule has 2 saturated heterocycles. The number of anilines is 1. The third kappa shape index (κ3) is 3.94. The van der Waals surface area contributed by atoms with Crippen molar-refractivity contribution in [1.29, 1.82) is 0 Å². The van der Waals surface area contributed by atoms with Crippen LogP contribution in [0.15, 0.2) is 12.1 Å². The average molecular weight is 362 g/mol. The second-order valence-corrected chi connectivity index (χ2v) is 7.32. The highest BCUT2D eigenvalue weighted by Crippen LogP contribution is 2.36. The number of hydrogen-bond acceptors (Lipinski definition) is 6. The molecule has 144 valence electrons. The second-order valence-electron chi connectivity index (χ2n) is 7.32. The second kappa shape index (κ2) is 8.22. The van der Waals surface area contributed by atoms with Crippen molar-refractivity contribution in [2.75, 3.05) is 58.3 Å². The van der Waals surface area contributed by atoms with Gasteiger partial charge in [-0.2, -0.15) is 0 Å². The summed E-state index contributed by atoms with van der Waals surface area (Å²) >= 11 is 0.